The number of halogens is 1. The van der Waals surface area contributed by atoms with Crippen molar-refractivity contribution in [3.8, 4) is 11.1 Å². The summed E-state index contributed by atoms with van der Waals surface area (Å²) in [6.07, 6.45) is 6.50. The minimum atomic E-state index is -0.0570. The van der Waals surface area contributed by atoms with Gasteiger partial charge in [0.05, 0.1) is 11.2 Å². The minimum Gasteiger partial charge on any atom is -0.343 e. The Morgan fingerprint density at radius 3 is 2.67 bits per heavy atom. The van der Waals surface area contributed by atoms with E-state index in [9.17, 15) is 9.59 Å². The van der Waals surface area contributed by atoms with Crippen LogP contribution in [0.2, 0.25) is 5.02 Å². The molecule has 1 fully saturated rings. The SMILES string of the molecule is CC(=O)N1CCC(CC(=O)Nc2cc(-c3cnn4c3CC(C)(C)C4)c(Cl)cn2)CC1. The zero-order valence-corrected chi connectivity index (χ0v) is 18.5. The lowest BCUT2D eigenvalue weighted by atomic mass is 9.89. The van der Waals surface area contributed by atoms with Crippen LogP contribution in [-0.2, 0) is 22.6 Å². The van der Waals surface area contributed by atoms with Crippen molar-refractivity contribution >= 4 is 29.2 Å². The topological polar surface area (TPSA) is 80.1 Å². The highest BCUT2D eigenvalue weighted by Crippen LogP contribution is 2.39. The Morgan fingerprint density at radius 2 is 1.97 bits per heavy atom. The van der Waals surface area contributed by atoms with Gasteiger partial charge < -0.3 is 10.2 Å². The zero-order chi connectivity index (χ0) is 21.5. The van der Waals surface area contributed by atoms with Gasteiger partial charge in [-0.3, -0.25) is 14.3 Å². The Balaban J connectivity index is 1.43. The Labute approximate surface area is 181 Å². The summed E-state index contributed by atoms with van der Waals surface area (Å²) in [5.74, 6) is 0.829. The lowest BCUT2D eigenvalue weighted by molar-refractivity contribution is -0.130. The van der Waals surface area contributed by atoms with Crippen molar-refractivity contribution in [2.24, 2.45) is 11.3 Å². The molecule has 160 valence electrons. The van der Waals surface area contributed by atoms with Gasteiger partial charge in [0.15, 0.2) is 0 Å². The summed E-state index contributed by atoms with van der Waals surface area (Å²) in [4.78, 5) is 30.2. The van der Waals surface area contributed by atoms with Gasteiger partial charge in [-0.25, -0.2) is 4.98 Å². The summed E-state index contributed by atoms with van der Waals surface area (Å²) >= 11 is 6.45. The van der Waals surface area contributed by atoms with E-state index in [-0.39, 0.29) is 23.1 Å². The second-order valence-electron chi connectivity index (χ2n) is 9.25. The highest BCUT2D eigenvalue weighted by molar-refractivity contribution is 6.33. The first kappa shape index (κ1) is 20.8. The molecule has 0 radical (unpaired) electrons. The fraction of sp³-hybridized carbons (Fsp3) is 0.545. The summed E-state index contributed by atoms with van der Waals surface area (Å²) in [6, 6.07) is 1.84. The van der Waals surface area contributed by atoms with Crippen molar-refractivity contribution in [2.75, 3.05) is 18.4 Å². The third kappa shape index (κ3) is 4.36. The van der Waals surface area contributed by atoms with Crippen LogP contribution < -0.4 is 5.32 Å². The molecular weight excluding hydrogens is 402 g/mol. The number of carbonyl (C=O) groups excluding carboxylic acids is 2. The van der Waals surface area contributed by atoms with Crippen molar-refractivity contribution in [1.82, 2.24) is 19.7 Å². The number of hydrogen-bond donors (Lipinski definition) is 1. The van der Waals surface area contributed by atoms with Crippen LogP contribution in [0.15, 0.2) is 18.5 Å². The fourth-order valence-electron chi connectivity index (χ4n) is 4.49. The Bertz CT molecular complexity index is 976. The first-order valence-corrected chi connectivity index (χ1v) is 10.9. The molecule has 4 rings (SSSR count). The van der Waals surface area contributed by atoms with Crippen molar-refractivity contribution < 1.29 is 9.59 Å². The van der Waals surface area contributed by atoms with E-state index >= 15 is 0 Å². The molecule has 0 spiro atoms. The monoisotopic (exact) mass is 429 g/mol. The summed E-state index contributed by atoms with van der Waals surface area (Å²) < 4.78 is 2.04. The quantitative estimate of drug-likeness (QED) is 0.802. The molecule has 30 heavy (non-hydrogen) atoms. The van der Waals surface area contributed by atoms with Gasteiger partial charge in [-0.15, -0.1) is 0 Å². The number of amides is 2. The standard InChI is InChI=1S/C22H28ClN5O2/c1-14(29)27-6-4-15(5-7-27)8-21(30)26-20-9-16(18(23)12-24-20)17-11-25-28-13-22(2,3)10-19(17)28/h9,11-12,15H,4-8,10,13H2,1-3H3,(H,24,26,30). The summed E-state index contributed by atoms with van der Waals surface area (Å²) in [5, 5.41) is 7.99. The van der Waals surface area contributed by atoms with Gasteiger partial charge in [-0.05, 0) is 36.7 Å². The van der Waals surface area contributed by atoms with Crippen LogP contribution in [0.3, 0.4) is 0 Å². The van der Waals surface area contributed by atoms with Crippen molar-refractivity contribution in [3.05, 3.63) is 29.2 Å². The Morgan fingerprint density at radius 1 is 1.23 bits per heavy atom. The molecule has 2 aromatic rings. The summed E-state index contributed by atoms with van der Waals surface area (Å²) in [5.41, 5.74) is 3.19. The number of anilines is 1. The number of rotatable bonds is 4. The van der Waals surface area contributed by atoms with Gasteiger partial charge in [0, 0.05) is 56.0 Å². The van der Waals surface area contributed by atoms with E-state index in [1.165, 1.54) is 5.69 Å². The highest BCUT2D eigenvalue weighted by Gasteiger charge is 2.32. The number of hydrogen-bond acceptors (Lipinski definition) is 4. The van der Waals surface area contributed by atoms with Gasteiger partial charge in [0.1, 0.15) is 5.82 Å². The second kappa shape index (κ2) is 8.02. The number of fused-ring (bicyclic) bond motifs is 1. The van der Waals surface area contributed by atoms with Gasteiger partial charge in [0.25, 0.3) is 0 Å². The van der Waals surface area contributed by atoms with Gasteiger partial charge in [0.2, 0.25) is 11.8 Å². The summed E-state index contributed by atoms with van der Waals surface area (Å²) in [7, 11) is 0. The van der Waals surface area contributed by atoms with Crippen LogP contribution in [0.4, 0.5) is 5.82 Å². The molecule has 8 heteroatoms. The molecule has 2 amide bonds. The van der Waals surface area contributed by atoms with E-state index in [1.807, 2.05) is 21.8 Å². The number of likely N-dealkylation sites (tertiary alicyclic amines) is 1. The van der Waals surface area contributed by atoms with E-state index < -0.39 is 0 Å². The molecule has 2 aliphatic rings. The average molecular weight is 430 g/mol. The largest absolute Gasteiger partial charge is 0.343 e. The van der Waals surface area contributed by atoms with Crippen molar-refractivity contribution in [3.63, 3.8) is 0 Å². The van der Waals surface area contributed by atoms with E-state index in [2.05, 4.69) is 29.2 Å². The number of piperidine rings is 1. The van der Waals surface area contributed by atoms with Crippen molar-refractivity contribution in [1.29, 1.82) is 0 Å². The molecule has 0 unspecified atom stereocenters. The van der Waals surface area contributed by atoms with Gasteiger partial charge in [-0.1, -0.05) is 25.4 Å². The highest BCUT2D eigenvalue weighted by atomic mass is 35.5. The first-order chi connectivity index (χ1) is 14.2. The molecule has 1 saturated heterocycles. The summed E-state index contributed by atoms with van der Waals surface area (Å²) in [6.45, 7) is 8.38. The van der Waals surface area contributed by atoms with E-state index in [4.69, 9.17) is 11.6 Å². The Hall–Kier alpha value is -2.41. The lowest BCUT2D eigenvalue weighted by Gasteiger charge is -2.30. The van der Waals surface area contributed by atoms with Crippen molar-refractivity contribution in [2.45, 2.75) is 53.0 Å². The predicted molar refractivity (Wildman–Crippen MR) is 116 cm³/mol. The maximum Gasteiger partial charge on any atom is 0.225 e. The van der Waals surface area contributed by atoms with E-state index in [0.717, 1.165) is 50.0 Å². The third-order valence-corrected chi connectivity index (χ3v) is 6.42. The molecule has 0 aromatic carbocycles. The van der Waals surface area contributed by atoms with Crippen LogP contribution in [-0.4, -0.2) is 44.6 Å². The van der Waals surface area contributed by atoms with Crippen LogP contribution in [0.25, 0.3) is 11.1 Å². The molecule has 4 heterocycles. The molecule has 1 N–H and O–H groups in total. The molecule has 0 aliphatic carbocycles. The van der Waals surface area contributed by atoms with Gasteiger partial charge >= 0.3 is 0 Å². The van der Waals surface area contributed by atoms with Gasteiger partial charge in [-0.2, -0.15) is 5.10 Å². The Kier molecular flexibility index (Phi) is 5.57. The molecular formula is C22H28ClN5O2. The maximum absolute atomic E-state index is 12.6. The average Bonchev–Trinajstić information content (AvgIpc) is 3.18. The molecule has 0 atom stereocenters. The zero-order valence-electron chi connectivity index (χ0n) is 17.7. The van der Waals surface area contributed by atoms with Crippen LogP contribution in [0.5, 0.6) is 0 Å². The normalized spacial score (nSPS) is 18.3. The van der Waals surface area contributed by atoms with E-state index in [0.29, 0.717) is 17.3 Å². The third-order valence-electron chi connectivity index (χ3n) is 6.12. The molecule has 7 nitrogen and oxygen atoms in total. The predicted octanol–water partition coefficient (Wildman–Crippen LogP) is 3.77. The number of carbonyl (C=O) groups is 2. The minimum absolute atomic E-state index is 0.0570. The number of nitrogens with one attached hydrogen (secondary N) is 1. The first-order valence-electron chi connectivity index (χ1n) is 10.5. The number of nitrogens with zero attached hydrogens (tertiary/aromatic N) is 4. The molecule has 0 saturated carbocycles. The fourth-order valence-corrected chi connectivity index (χ4v) is 4.70. The smallest absolute Gasteiger partial charge is 0.225 e. The van der Waals surface area contributed by atoms with E-state index in [1.54, 1.807) is 13.1 Å². The van der Waals surface area contributed by atoms with Crippen LogP contribution >= 0.6 is 11.6 Å². The maximum atomic E-state index is 12.6. The van der Waals surface area contributed by atoms with Crippen LogP contribution in [0.1, 0.15) is 45.7 Å². The number of pyridine rings is 1. The molecule has 0 bridgehead atoms. The molecule has 2 aliphatic heterocycles. The lowest BCUT2D eigenvalue weighted by Crippen LogP contribution is -2.37. The second-order valence-corrected chi connectivity index (χ2v) is 9.66. The number of aromatic nitrogens is 3. The van der Waals surface area contributed by atoms with Crippen LogP contribution in [0, 0.1) is 11.3 Å². The molecule has 2 aromatic heterocycles.